The number of hydrogen-bond acceptors (Lipinski definition) is 10. The molecule has 0 aromatic carbocycles. The van der Waals surface area contributed by atoms with Gasteiger partial charge in [-0.2, -0.15) is 0 Å². The van der Waals surface area contributed by atoms with Gasteiger partial charge in [0, 0.05) is 23.0 Å². The second kappa shape index (κ2) is 9.18. The van der Waals surface area contributed by atoms with Gasteiger partial charge in [0.05, 0.1) is 38.0 Å². The number of nitrogens with zero attached hydrogens (tertiary/aromatic N) is 4. The Labute approximate surface area is 198 Å². The highest BCUT2D eigenvalue weighted by atomic mass is 35.5. The number of amides is 1. The molecule has 2 aliphatic rings. The molecule has 0 spiro atoms. The Morgan fingerprint density at radius 3 is 2.94 bits per heavy atom. The Morgan fingerprint density at radius 2 is 2.09 bits per heavy atom. The first kappa shape index (κ1) is 22.0. The first-order chi connectivity index (χ1) is 16.0. The molecule has 3 aromatic heterocycles. The zero-order chi connectivity index (χ0) is 22.9. The summed E-state index contributed by atoms with van der Waals surface area (Å²) < 4.78 is 22.5. The number of pyridine rings is 2. The van der Waals surface area contributed by atoms with Crippen molar-refractivity contribution in [3.63, 3.8) is 0 Å². The molecule has 0 aliphatic carbocycles. The number of ether oxygens (including phenoxy) is 4. The van der Waals surface area contributed by atoms with Gasteiger partial charge in [-0.25, -0.2) is 4.98 Å². The largest absolute Gasteiger partial charge is 0.494 e. The van der Waals surface area contributed by atoms with Crippen LogP contribution in [0.1, 0.15) is 22.5 Å². The summed E-state index contributed by atoms with van der Waals surface area (Å²) in [5, 5.41) is 11.8. The minimum absolute atomic E-state index is 0.147. The number of fused-ring (bicyclic) bond motifs is 1. The Bertz CT molecular complexity index is 1190. The smallest absolute Gasteiger partial charge is 0.296 e. The van der Waals surface area contributed by atoms with Crippen molar-refractivity contribution < 1.29 is 23.7 Å². The molecule has 0 bridgehead atoms. The lowest BCUT2D eigenvalue weighted by atomic mass is 10.0. The molecular formula is C21H20ClN5O5S. The molecule has 1 N–H and O–H groups in total. The highest BCUT2D eigenvalue weighted by molar-refractivity contribution is 7.17. The summed E-state index contributed by atoms with van der Waals surface area (Å²) >= 11 is 7.24. The number of methoxy groups -OCH3 is 1. The van der Waals surface area contributed by atoms with E-state index < -0.39 is 5.91 Å². The van der Waals surface area contributed by atoms with E-state index in [0.717, 1.165) is 23.5 Å². The zero-order valence-electron chi connectivity index (χ0n) is 17.8. The summed E-state index contributed by atoms with van der Waals surface area (Å²) in [4.78, 5) is 21.4. The van der Waals surface area contributed by atoms with Crippen LogP contribution in [0, 0.1) is 12.8 Å². The average molecular weight is 490 g/mol. The standard InChI is InChI=1S/C21H20ClN5O5S/c1-10-5-12(13-6-17(22)24-8-15(13)29-2)14(7-23-10)18(28)25-20-26-27-21(33-20)32-16-9-31-19-11(16)3-4-30-19/h5-8,11,16,19H,3-4,9H2,1-2H3,(H,25,26,28)/t11-,16+,19+/m0/s1. The van der Waals surface area contributed by atoms with Gasteiger partial charge in [-0.05, 0) is 36.8 Å². The van der Waals surface area contributed by atoms with Gasteiger partial charge in [0.15, 0.2) is 6.29 Å². The number of nitrogens with one attached hydrogen (secondary N) is 1. The molecular weight excluding hydrogens is 470 g/mol. The quantitative estimate of drug-likeness (QED) is 0.520. The molecule has 10 nitrogen and oxygen atoms in total. The molecule has 1 amide bonds. The van der Waals surface area contributed by atoms with Crippen LogP contribution in [0.15, 0.2) is 24.5 Å². The highest BCUT2D eigenvalue weighted by Gasteiger charge is 2.43. The third kappa shape index (κ3) is 4.49. The van der Waals surface area contributed by atoms with Crippen LogP contribution in [0.4, 0.5) is 5.13 Å². The van der Waals surface area contributed by atoms with Gasteiger partial charge in [0.25, 0.3) is 11.1 Å². The third-order valence-corrected chi connectivity index (χ3v) is 6.43. The molecule has 172 valence electrons. The van der Waals surface area contributed by atoms with Crippen molar-refractivity contribution in [1.29, 1.82) is 0 Å². The van der Waals surface area contributed by atoms with Crippen molar-refractivity contribution in [2.75, 3.05) is 25.6 Å². The lowest BCUT2D eigenvalue weighted by Crippen LogP contribution is -2.26. The number of carbonyl (C=O) groups is 1. The van der Waals surface area contributed by atoms with E-state index in [1.54, 1.807) is 12.1 Å². The summed E-state index contributed by atoms with van der Waals surface area (Å²) in [6.07, 6.45) is 3.53. The fourth-order valence-electron chi connectivity index (χ4n) is 3.90. The van der Waals surface area contributed by atoms with Crippen LogP contribution < -0.4 is 14.8 Å². The Balaban J connectivity index is 1.35. The molecule has 33 heavy (non-hydrogen) atoms. The lowest BCUT2D eigenvalue weighted by Gasteiger charge is -2.14. The number of aryl methyl sites for hydroxylation is 1. The maximum absolute atomic E-state index is 13.1. The number of carbonyl (C=O) groups excluding carboxylic acids is 1. The first-order valence-electron chi connectivity index (χ1n) is 10.2. The Morgan fingerprint density at radius 1 is 1.21 bits per heavy atom. The fourth-order valence-corrected chi connectivity index (χ4v) is 4.71. The van der Waals surface area contributed by atoms with Crippen molar-refractivity contribution in [2.24, 2.45) is 5.92 Å². The van der Waals surface area contributed by atoms with Crippen LogP contribution in [0.5, 0.6) is 10.9 Å². The Hall–Kier alpha value is -2.86. The molecule has 5 rings (SSSR count). The van der Waals surface area contributed by atoms with Crippen LogP contribution in [-0.4, -0.2) is 58.8 Å². The summed E-state index contributed by atoms with van der Waals surface area (Å²) in [7, 11) is 1.53. The second-order valence-electron chi connectivity index (χ2n) is 7.59. The van der Waals surface area contributed by atoms with Crippen LogP contribution in [-0.2, 0) is 9.47 Å². The molecule has 0 radical (unpaired) electrons. The molecule has 3 atom stereocenters. The van der Waals surface area contributed by atoms with E-state index in [2.05, 4.69) is 25.5 Å². The minimum Gasteiger partial charge on any atom is -0.494 e. The molecule has 3 aromatic rings. The number of halogens is 1. The summed E-state index contributed by atoms with van der Waals surface area (Å²) in [5.41, 5.74) is 2.30. The molecule has 0 unspecified atom stereocenters. The third-order valence-electron chi connectivity index (χ3n) is 5.49. The van der Waals surface area contributed by atoms with E-state index in [9.17, 15) is 4.79 Å². The van der Waals surface area contributed by atoms with Gasteiger partial charge in [-0.15, -0.1) is 5.10 Å². The van der Waals surface area contributed by atoms with Gasteiger partial charge >= 0.3 is 0 Å². The Kier molecular flexibility index (Phi) is 6.11. The average Bonchev–Trinajstić information content (AvgIpc) is 3.53. The van der Waals surface area contributed by atoms with Crippen molar-refractivity contribution in [2.45, 2.75) is 25.7 Å². The van der Waals surface area contributed by atoms with Crippen LogP contribution >= 0.6 is 22.9 Å². The van der Waals surface area contributed by atoms with Gasteiger partial charge < -0.3 is 18.9 Å². The van der Waals surface area contributed by atoms with E-state index in [0.29, 0.717) is 46.0 Å². The van der Waals surface area contributed by atoms with Crippen molar-refractivity contribution in [3.05, 3.63) is 40.9 Å². The van der Waals surface area contributed by atoms with Gasteiger partial charge in [0.2, 0.25) is 5.13 Å². The maximum Gasteiger partial charge on any atom is 0.296 e. The van der Waals surface area contributed by atoms with E-state index in [4.69, 9.17) is 30.5 Å². The van der Waals surface area contributed by atoms with Gasteiger partial charge in [-0.1, -0.05) is 16.7 Å². The molecule has 0 saturated carbocycles. The first-order valence-corrected chi connectivity index (χ1v) is 11.4. The molecule has 5 heterocycles. The molecule has 2 saturated heterocycles. The SMILES string of the molecule is COc1cnc(Cl)cc1-c1cc(C)ncc1C(=O)Nc1nnc(O[C@@H]2CO[C@H]3OCC[C@H]32)s1. The van der Waals surface area contributed by atoms with E-state index in [1.165, 1.54) is 19.5 Å². The van der Waals surface area contributed by atoms with Crippen LogP contribution in [0.2, 0.25) is 5.15 Å². The predicted molar refractivity (Wildman–Crippen MR) is 120 cm³/mol. The van der Waals surface area contributed by atoms with Gasteiger partial charge in [0.1, 0.15) is 17.0 Å². The summed E-state index contributed by atoms with van der Waals surface area (Å²) in [6, 6.07) is 3.43. The molecule has 12 heteroatoms. The van der Waals surface area contributed by atoms with Crippen molar-refractivity contribution >= 4 is 34.0 Å². The van der Waals surface area contributed by atoms with Crippen molar-refractivity contribution in [3.8, 4) is 22.1 Å². The lowest BCUT2D eigenvalue weighted by molar-refractivity contribution is -0.0906. The summed E-state index contributed by atoms with van der Waals surface area (Å²) in [5.74, 6) is 0.262. The van der Waals surface area contributed by atoms with Crippen LogP contribution in [0.3, 0.4) is 0 Å². The monoisotopic (exact) mass is 489 g/mol. The summed E-state index contributed by atoms with van der Waals surface area (Å²) in [6.45, 7) is 2.93. The fraction of sp³-hybridized carbons (Fsp3) is 0.381. The van der Waals surface area contributed by atoms with E-state index in [-0.39, 0.29) is 23.5 Å². The topological polar surface area (TPSA) is 118 Å². The zero-order valence-corrected chi connectivity index (χ0v) is 19.4. The van der Waals surface area contributed by atoms with Crippen LogP contribution in [0.25, 0.3) is 11.1 Å². The van der Waals surface area contributed by atoms with E-state index in [1.807, 2.05) is 6.92 Å². The maximum atomic E-state index is 13.1. The normalized spacial score (nSPS) is 21.6. The molecule has 2 aliphatic heterocycles. The molecule has 2 fully saturated rings. The number of anilines is 1. The highest BCUT2D eigenvalue weighted by Crippen LogP contribution is 2.36. The second-order valence-corrected chi connectivity index (χ2v) is 8.91. The van der Waals surface area contributed by atoms with E-state index >= 15 is 0 Å². The predicted octanol–water partition coefficient (Wildman–Crippen LogP) is 3.36. The number of rotatable bonds is 6. The number of aromatic nitrogens is 4. The minimum atomic E-state index is -0.399. The van der Waals surface area contributed by atoms with Gasteiger partial charge in [-0.3, -0.25) is 15.1 Å². The van der Waals surface area contributed by atoms with Crippen molar-refractivity contribution in [1.82, 2.24) is 20.2 Å². The number of hydrogen-bond donors (Lipinski definition) is 1.